The maximum atomic E-state index is 12.3. The Bertz CT molecular complexity index is 1060. The summed E-state index contributed by atoms with van der Waals surface area (Å²) in [6.07, 6.45) is 0. The number of ether oxygens (including phenoxy) is 2. The third-order valence-electron chi connectivity index (χ3n) is 4.69. The summed E-state index contributed by atoms with van der Waals surface area (Å²) in [5.41, 5.74) is 4.31. The van der Waals surface area contributed by atoms with Crippen molar-refractivity contribution < 1.29 is 9.47 Å². The van der Waals surface area contributed by atoms with E-state index in [1.54, 1.807) is 25.3 Å². The fourth-order valence-electron chi connectivity index (χ4n) is 3.03. The van der Waals surface area contributed by atoms with E-state index in [9.17, 15) is 9.59 Å². The summed E-state index contributed by atoms with van der Waals surface area (Å²) < 4.78 is 10.5. The van der Waals surface area contributed by atoms with Crippen LogP contribution in [0.5, 0.6) is 11.5 Å². The predicted octanol–water partition coefficient (Wildman–Crippen LogP) is 3.64. The first-order valence-corrected chi connectivity index (χ1v) is 8.28. The third kappa shape index (κ3) is 2.86. The smallest absolute Gasteiger partial charge is 0.250 e. The zero-order valence-electron chi connectivity index (χ0n) is 15.5. The highest BCUT2D eigenvalue weighted by Gasteiger charge is 2.24. The summed E-state index contributed by atoms with van der Waals surface area (Å²) in [6, 6.07) is 9.22. The van der Waals surface area contributed by atoms with Crippen LogP contribution in [0.1, 0.15) is 16.7 Å². The van der Waals surface area contributed by atoms with Gasteiger partial charge in [0, 0.05) is 6.07 Å². The summed E-state index contributed by atoms with van der Waals surface area (Å²) >= 11 is 0. The van der Waals surface area contributed by atoms with Gasteiger partial charge in [0.1, 0.15) is 17.2 Å². The van der Waals surface area contributed by atoms with Gasteiger partial charge in [0.2, 0.25) is 5.43 Å². The topological polar surface area (TPSA) is 64.6 Å². The summed E-state index contributed by atoms with van der Waals surface area (Å²) in [7, 11) is 3.11. The number of aryl methyl sites for hydroxylation is 3. The Morgan fingerprint density at radius 2 is 1.50 bits per heavy atom. The molecule has 0 aliphatic heterocycles. The van der Waals surface area contributed by atoms with Gasteiger partial charge in [-0.2, -0.15) is 0 Å². The number of hydrogen-bond acceptors (Lipinski definition) is 5. The molecule has 0 aliphatic rings. The van der Waals surface area contributed by atoms with Crippen molar-refractivity contribution in [3.8, 4) is 22.6 Å². The standard InChI is InChI=1S/C21H21NO4/c1-11-8-13(3)15(9-12(11)2)18-19(21(24)20(18)23)22-16-7-6-14(25-4)10-17(16)26-5/h6-10,22H,1-5H3. The van der Waals surface area contributed by atoms with Gasteiger partial charge in [-0.3, -0.25) is 9.59 Å². The fraction of sp³-hybridized carbons (Fsp3) is 0.238. The van der Waals surface area contributed by atoms with Crippen molar-refractivity contribution >= 4 is 11.4 Å². The largest absolute Gasteiger partial charge is 0.497 e. The molecule has 0 amide bonds. The number of rotatable bonds is 5. The molecule has 0 bridgehead atoms. The number of hydrogen-bond donors (Lipinski definition) is 1. The van der Waals surface area contributed by atoms with Crippen LogP contribution in [0.15, 0.2) is 39.9 Å². The first-order chi connectivity index (χ1) is 12.4. The molecular formula is C21H21NO4. The van der Waals surface area contributed by atoms with Crippen molar-refractivity contribution in [3.63, 3.8) is 0 Å². The lowest BCUT2D eigenvalue weighted by molar-refractivity contribution is 0.395. The molecular weight excluding hydrogens is 330 g/mol. The highest BCUT2D eigenvalue weighted by molar-refractivity contribution is 5.87. The van der Waals surface area contributed by atoms with E-state index >= 15 is 0 Å². The monoisotopic (exact) mass is 351 g/mol. The molecule has 0 spiro atoms. The van der Waals surface area contributed by atoms with E-state index in [2.05, 4.69) is 5.32 Å². The highest BCUT2D eigenvalue weighted by atomic mass is 16.5. The summed E-state index contributed by atoms with van der Waals surface area (Å²) in [6.45, 7) is 5.95. The SMILES string of the molecule is COc1ccc(Nc2c(-c3cc(C)c(C)cc3C)c(=O)c2=O)c(OC)c1. The second-order valence-electron chi connectivity index (χ2n) is 6.35. The van der Waals surface area contributed by atoms with Crippen LogP contribution in [-0.4, -0.2) is 14.2 Å². The van der Waals surface area contributed by atoms with Crippen LogP contribution in [0.25, 0.3) is 11.1 Å². The van der Waals surface area contributed by atoms with Crippen molar-refractivity contribution in [1.29, 1.82) is 0 Å². The van der Waals surface area contributed by atoms with Crippen LogP contribution in [0, 0.1) is 20.8 Å². The molecule has 5 heteroatoms. The van der Waals surface area contributed by atoms with Gasteiger partial charge in [0.05, 0.1) is 25.5 Å². The Balaban J connectivity index is 2.08. The molecule has 134 valence electrons. The van der Waals surface area contributed by atoms with Crippen LogP contribution in [0.3, 0.4) is 0 Å². The Morgan fingerprint density at radius 1 is 0.808 bits per heavy atom. The van der Waals surface area contributed by atoms with Crippen molar-refractivity contribution in [3.05, 3.63) is 67.5 Å². The highest BCUT2D eigenvalue weighted by Crippen LogP contribution is 2.35. The van der Waals surface area contributed by atoms with Gasteiger partial charge >= 0.3 is 0 Å². The summed E-state index contributed by atoms with van der Waals surface area (Å²) in [5, 5.41) is 3.07. The van der Waals surface area contributed by atoms with Gasteiger partial charge in [0.25, 0.3) is 5.43 Å². The van der Waals surface area contributed by atoms with Crippen molar-refractivity contribution in [1.82, 2.24) is 0 Å². The maximum Gasteiger partial charge on any atom is 0.250 e. The minimum atomic E-state index is -0.518. The molecule has 0 heterocycles. The van der Waals surface area contributed by atoms with E-state index in [1.165, 1.54) is 7.11 Å². The Kier molecular flexibility index (Phi) is 4.55. The lowest BCUT2D eigenvalue weighted by Crippen LogP contribution is -2.35. The van der Waals surface area contributed by atoms with Crippen LogP contribution in [0.2, 0.25) is 0 Å². The number of anilines is 2. The first-order valence-electron chi connectivity index (χ1n) is 8.28. The molecule has 0 aromatic heterocycles. The lowest BCUT2D eigenvalue weighted by atomic mass is 9.91. The van der Waals surface area contributed by atoms with Crippen molar-refractivity contribution in [2.45, 2.75) is 20.8 Å². The van der Waals surface area contributed by atoms with E-state index < -0.39 is 10.9 Å². The molecule has 3 aromatic rings. The number of methoxy groups -OCH3 is 2. The van der Waals surface area contributed by atoms with E-state index in [-0.39, 0.29) is 0 Å². The van der Waals surface area contributed by atoms with E-state index in [0.29, 0.717) is 28.4 Å². The minimum absolute atomic E-state index is 0.296. The molecule has 26 heavy (non-hydrogen) atoms. The predicted molar refractivity (Wildman–Crippen MR) is 104 cm³/mol. The van der Waals surface area contributed by atoms with Crippen molar-refractivity contribution in [2.75, 3.05) is 19.5 Å². The third-order valence-corrected chi connectivity index (χ3v) is 4.69. The molecule has 0 fully saturated rings. The van der Waals surface area contributed by atoms with E-state index in [0.717, 1.165) is 22.3 Å². The van der Waals surface area contributed by atoms with E-state index in [4.69, 9.17) is 9.47 Å². The number of benzene rings is 2. The van der Waals surface area contributed by atoms with Gasteiger partial charge in [-0.15, -0.1) is 0 Å². The van der Waals surface area contributed by atoms with E-state index in [1.807, 2.05) is 32.9 Å². The molecule has 0 unspecified atom stereocenters. The average Bonchev–Trinajstić information content (AvgIpc) is 2.64. The van der Waals surface area contributed by atoms with Gasteiger partial charge in [-0.25, -0.2) is 0 Å². The minimum Gasteiger partial charge on any atom is -0.497 e. The molecule has 3 rings (SSSR count). The van der Waals surface area contributed by atoms with Gasteiger partial charge in [-0.05, 0) is 55.2 Å². The summed E-state index contributed by atoms with van der Waals surface area (Å²) in [5.74, 6) is 1.17. The quantitative estimate of drug-likeness (QED) is 0.711. The first kappa shape index (κ1) is 17.7. The molecule has 0 saturated heterocycles. The molecule has 0 radical (unpaired) electrons. The Morgan fingerprint density at radius 3 is 2.15 bits per heavy atom. The van der Waals surface area contributed by atoms with Gasteiger partial charge < -0.3 is 14.8 Å². The van der Waals surface area contributed by atoms with Gasteiger partial charge in [0.15, 0.2) is 0 Å². The molecule has 1 N–H and O–H groups in total. The molecule has 0 aliphatic carbocycles. The second-order valence-corrected chi connectivity index (χ2v) is 6.35. The van der Waals surface area contributed by atoms with Gasteiger partial charge in [-0.1, -0.05) is 12.1 Å². The van der Waals surface area contributed by atoms with Crippen LogP contribution >= 0.6 is 0 Å². The van der Waals surface area contributed by atoms with Crippen molar-refractivity contribution in [2.24, 2.45) is 0 Å². The molecule has 0 atom stereocenters. The second kappa shape index (κ2) is 6.67. The average molecular weight is 351 g/mol. The van der Waals surface area contributed by atoms with Crippen LogP contribution < -0.4 is 25.6 Å². The summed E-state index contributed by atoms with van der Waals surface area (Å²) in [4.78, 5) is 24.5. The Hall–Kier alpha value is -3.08. The maximum absolute atomic E-state index is 12.3. The lowest BCUT2D eigenvalue weighted by Gasteiger charge is -2.18. The van der Waals surface area contributed by atoms with Crippen LogP contribution in [0.4, 0.5) is 11.4 Å². The zero-order valence-corrected chi connectivity index (χ0v) is 15.5. The molecule has 0 saturated carbocycles. The fourth-order valence-corrected chi connectivity index (χ4v) is 3.03. The number of nitrogens with one attached hydrogen (secondary N) is 1. The Labute approximate surface area is 151 Å². The van der Waals surface area contributed by atoms with Crippen LogP contribution in [-0.2, 0) is 0 Å². The molecule has 5 nitrogen and oxygen atoms in total. The molecule has 3 aromatic carbocycles. The zero-order chi connectivity index (χ0) is 19.0. The normalized spacial score (nSPS) is 10.8.